The summed E-state index contributed by atoms with van der Waals surface area (Å²) in [4.78, 5) is 0. The lowest BCUT2D eigenvalue weighted by Gasteiger charge is -2.19. The second-order valence-corrected chi connectivity index (χ2v) is 19.2. The van der Waals surface area contributed by atoms with E-state index in [9.17, 15) is 0 Å². The maximum Gasteiger partial charge on any atom is 0.135 e. The highest BCUT2D eigenvalue weighted by molar-refractivity contribution is 7.27. The van der Waals surface area contributed by atoms with E-state index < -0.39 is 0 Å². The molecule has 4 aromatic heterocycles. The normalized spacial score (nSPS) is 12.5. The molecule has 4 heterocycles. The van der Waals surface area contributed by atoms with Gasteiger partial charge in [0.2, 0.25) is 0 Å². The van der Waals surface area contributed by atoms with E-state index in [4.69, 9.17) is 8.83 Å². The summed E-state index contributed by atoms with van der Waals surface area (Å²) in [6.07, 6.45) is 0. The van der Waals surface area contributed by atoms with Gasteiger partial charge in [0.05, 0.1) is 0 Å². The third-order valence-corrected chi connectivity index (χ3v) is 16.2. The lowest BCUT2D eigenvalue weighted by atomic mass is 9.85. The molecule has 11 aromatic carbocycles. The number of hydrogen-bond donors (Lipinski definition) is 0. The minimum Gasteiger partial charge on any atom is -0.456 e. The van der Waals surface area contributed by atoms with Gasteiger partial charge in [-0.2, -0.15) is 0 Å². The Morgan fingerprint density at radius 3 is 1.22 bits per heavy atom. The molecule has 0 aliphatic heterocycles. The molecule has 0 saturated heterocycles. The molecule has 15 rings (SSSR count). The van der Waals surface area contributed by atoms with Gasteiger partial charge < -0.3 is 8.83 Å². The fourth-order valence-electron chi connectivity index (χ4n) is 11.0. The van der Waals surface area contributed by atoms with Crippen molar-refractivity contribution in [3.05, 3.63) is 181 Å². The topological polar surface area (TPSA) is 26.3 Å². The van der Waals surface area contributed by atoms with Crippen LogP contribution in [0, 0.1) is 6.92 Å². The lowest BCUT2D eigenvalue weighted by molar-refractivity contribution is 0.668. The smallest absolute Gasteiger partial charge is 0.135 e. The van der Waals surface area contributed by atoms with Gasteiger partial charge in [0, 0.05) is 72.7 Å². The first-order valence-corrected chi connectivity index (χ1v) is 23.1. The van der Waals surface area contributed by atoms with E-state index in [1.54, 1.807) is 0 Å². The van der Waals surface area contributed by atoms with Crippen LogP contribution in [0.1, 0.15) is 5.56 Å². The first-order chi connectivity index (χ1) is 31.1. The van der Waals surface area contributed by atoms with E-state index in [-0.39, 0.29) is 0 Å². The molecule has 0 unspecified atom stereocenters. The molecule has 63 heavy (non-hydrogen) atoms. The van der Waals surface area contributed by atoms with Crippen molar-refractivity contribution in [3.8, 4) is 22.3 Å². The highest BCUT2D eigenvalue weighted by Gasteiger charge is 2.22. The minimum atomic E-state index is 0.910. The van der Waals surface area contributed by atoms with Gasteiger partial charge in [-0.1, -0.05) is 109 Å². The Morgan fingerprint density at radius 1 is 0.317 bits per heavy atom. The second-order valence-electron chi connectivity index (χ2n) is 17.1. The Labute approximate surface area is 367 Å². The van der Waals surface area contributed by atoms with E-state index in [1.165, 1.54) is 111 Å². The highest BCUT2D eigenvalue weighted by atomic mass is 32.1. The molecule has 0 N–H and O–H groups in total. The average Bonchev–Trinajstić information content (AvgIpc) is 4.10. The molecule has 0 bridgehead atoms. The van der Waals surface area contributed by atoms with Gasteiger partial charge in [0.1, 0.15) is 22.3 Å². The van der Waals surface area contributed by atoms with Crippen LogP contribution in [0.2, 0.25) is 0 Å². The SMILES string of the molecule is Cc1c2c(cc(-c3ccc4oc5ccccc5c4c3)c3ccc4c5ccccc5sc4c32)cc2cc(-c3ccc4oc5ccccc5c4c3)c3ccc4c5ccccc5sc4c3c12. The number of fused-ring (bicyclic) bond motifs is 20. The summed E-state index contributed by atoms with van der Waals surface area (Å²) in [5.41, 5.74) is 9.80. The predicted octanol–water partition coefficient (Wildman–Crippen LogP) is 18.5. The number of rotatable bonds is 2. The minimum absolute atomic E-state index is 0.910. The number of para-hydroxylation sites is 2. The van der Waals surface area contributed by atoms with Crippen LogP contribution in [0.3, 0.4) is 0 Å². The average molecular weight is 837 g/mol. The van der Waals surface area contributed by atoms with Crippen LogP contribution < -0.4 is 0 Å². The summed E-state index contributed by atoms with van der Waals surface area (Å²) in [5.74, 6) is 0. The molecule has 0 amide bonds. The van der Waals surface area contributed by atoms with Gasteiger partial charge in [0.15, 0.2) is 0 Å². The van der Waals surface area contributed by atoms with Crippen molar-refractivity contribution < 1.29 is 8.83 Å². The number of aryl methyl sites for hydroxylation is 1. The third-order valence-electron chi connectivity index (χ3n) is 13.8. The molecule has 292 valence electrons. The standard InChI is InChI=1S/C59H32O2S2/c1-31-54-34(29-44(32-18-24-50-46(27-32)36-10-2-6-14-48(36)60-50)40-20-22-42-38-12-4-8-16-52(38)62-58(42)56(40)54)26-35-30-45(33-19-25-51-47(28-33)37-11-3-7-15-49(37)61-51)41-21-23-43-39-13-5-9-17-53(39)63-59(43)57(41)55(31)35/h2-30H,1H3. The van der Waals surface area contributed by atoms with Gasteiger partial charge >= 0.3 is 0 Å². The molecule has 0 aliphatic carbocycles. The molecule has 0 radical (unpaired) electrons. The van der Waals surface area contributed by atoms with Gasteiger partial charge in [0.25, 0.3) is 0 Å². The van der Waals surface area contributed by atoms with Crippen molar-refractivity contribution in [2.24, 2.45) is 0 Å². The molecule has 0 saturated carbocycles. The van der Waals surface area contributed by atoms with Gasteiger partial charge in [-0.25, -0.2) is 0 Å². The zero-order chi connectivity index (χ0) is 41.1. The Bertz CT molecular complexity index is 4230. The first-order valence-electron chi connectivity index (χ1n) is 21.5. The molecule has 0 aliphatic rings. The Hall–Kier alpha value is -7.50. The van der Waals surface area contributed by atoms with Gasteiger partial charge in [-0.3, -0.25) is 0 Å². The van der Waals surface area contributed by atoms with Crippen LogP contribution in [-0.4, -0.2) is 0 Å². The first kappa shape index (κ1) is 34.1. The van der Waals surface area contributed by atoms with Crippen molar-refractivity contribution in [1.82, 2.24) is 0 Å². The van der Waals surface area contributed by atoms with Crippen LogP contribution in [0.4, 0.5) is 0 Å². The molecule has 0 fully saturated rings. The van der Waals surface area contributed by atoms with E-state index in [1.807, 2.05) is 34.8 Å². The second kappa shape index (κ2) is 12.3. The summed E-state index contributed by atoms with van der Waals surface area (Å²) in [7, 11) is 0. The number of furan rings is 2. The van der Waals surface area contributed by atoms with Crippen molar-refractivity contribution in [2.75, 3.05) is 0 Å². The summed E-state index contributed by atoms with van der Waals surface area (Å²) in [6, 6.07) is 64.9. The number of hydrogen-bond acceptors (Lipinski definition) is 4. The molecular formula is C59H32O2S2. The van der Waals surface area contributed by atoms with Crippen molar-refractivity contribution in [1.29, 1.82) is 0 Å². The predicted molar refractivity (Wildman–Crippen MR) is 272 cm³/mol. The fourth-order valence-corrected chi connectivity index (χ4v) is 13.5. The lowest BCUT2D eigenvalue weighted by Crippen LogP contribution is -1.92. The molecule has 15 aromatic rings. The maximum absolute atomic E-state index is 6.33. The largest absolute Gasteiger partial charge is 0.456 e. The van der Waals surface area contributed by atoms with E-state index >= 15 is 0 Å². The van der Waals surface area contributed by atoms with E-state index in [2.05, 4.69) is 171 Å². The molecule has 0 atom stereocenters. The summed E-state index contributed by atoms with van der Waals surface area (Å²) in [5, 5.41) is 20.1. The fraction of sp³-hybridized carbons (Fsp3) is 0.0169. The van der Waals surface area contributed by atoms with Crippen LogP contribution in [0.5, 0.6) is 0 Å². The van der Waals surface area contributed by atoms with Crippen LogP contribution >= 0.6 is 22.7 Å². The van der Waals surface area contributed by atoms with Crippen LogP contribution in [0.25, 0.3) is 150 Å². The Morgan fingerprint density at radius 2 is 0.730 bits per heavy atom. The number of thiophene rings is 2. The molecule has 0 spiro atoms. The van der Waals surface area contributed by atoms with Crippen molar-refractivity contribution in [2.45, 2.75) is 6.92 Å². The summed E-state index contributed by atoms with van der Waals surface area (Å²) < 4.78 is 18.0. The molecule has 2 nitrogen and oxygen atoms in total. The van der Waals surface area contributed by atoms with Crippen molar-refractivity contribution in [3.63, 3.8) is 0 Å². The monoisotopic (exact) mass is 836 g/mol. The molecular weight excluding hydrogens is 805 g/mol. The van der Waals surface area contributed by atoms with Crippen LogP contribution in [-0.2, 0) is 0 Å². The zero-order valence-corrected chi connectivity index (χ0v) is 35.5. The molecule has 4 heteroatoms. The van der Waals surface area contributed by atoms with Gasteiger partial charge in [-0.05, 0) is 134 Å². The summed E-state index contributed by atoms with van der Waals surface area (Å²) in [6.45, 7) is 2.38. The highest BCUT2D eigenvalue weighted by Crippen LogP contribution is 2.51. The quantitative estimate of drug-likeness (QED) is 0.128. The van der Waals surface area contributed by atoms with E-state index in [0.29, 0.717) is 0 Å². The third kappa shape index (κ3) is 4.61. The van der Waals surface area contributed by atoms with E-state index in [0.717, 1.165) is 43.9 Å². The Balaban J connectivity index is 1.12. The number of benzene rings is 11. The van der Waals surface area contributed by atoms with Crippen LogP contribution in [0.15, 0.2) is 185 Å². The Kier molecular flexibility index (Phi) is 6.68. The zero-order valence-electron chi connectivity index (χ0n) is 33.9. The van der Waals surface area contributed by atoms with Crippen molar-refractivity contribution >= 4 is 150 Å². The van der Waals surface area contributed by atoms with Gasteiger partial charge in [-0.15, -0.1) is 22.7 Å². The maximum atomic E-state index is 6.33. The summed E-state index contributed by atoms with van der Waals surface area (Å²) >= 11 is 3.84.